The van der Waals surface area contributed by atoms with Crippen molar-refractivity contribution in [1.82, 2.24) is 14.9 Å². The molecule has 0 radical (unpaired) electrons. The van der Waals surface area contributed by atoms with E-state index in [0.717, 1.165) is 16.0 Å². The van der Waals surface area contributed by atoms with E-state index in [9.17, 15) is 14.4 Å². The quantitative estimate of drug-likeness (QED) is 0.761. The standard InChI is InChI=1S/C18H17N3O4S/c1-3-25-18(24)20-13(22)9-21-10-19-16-14(17(21)23)11(2)15(26-16)12-7-5-4-6-8-12/h4-8,10H,3,9H2,1-2H3,(H,20,22,24). The highest BCUT2D eigenvalue weighted by Gasteiger charge is 2.17. The van der Waals surface area contributed by atoms with Gasteiger partial charge in [0, 0.05) is 4.88 Å². The summed E-state index contributed by atoms with van der Waals surface area (Å²) in [5.74, 6) is -0.636. The summed E-state index contributed by atoms with van der Waals surface area (Å²) in [6.07, 6.45) is 0.484. The summed E-state index contributed by atoms with van der Waals surface area (Å²) in [5.41, 5.74) is 1.53. The van der Waals surface area contributed by atoms with Crippen LogP contribution in [0.2, 0.25) is 0 Å². The number of hydrogen-bond acceptors (Lipinski definition) is 6. The maximum Gasteiger partial charge on any atom is 0.413 e. The molecule has 0 aliphatic carbocycles. The summed E-state index contributed by atoms with van der Waals surface area (Å²) in [7, 11) is 0. The third kappa shape index (κ3) is 3.50. The van der Waals surface area contributed by atoms with Crippen LogP contribution in [0.3, 0.4) is 0 Å². The smallest absolute Gasteiger partial charge is 0.413 e. The zero-order valence-corrected chi connectivity index (χ0v) is 15.1. The SMILES string of the molecule is CCOC(=O)NC(=O)Cn1cnc2sc(-c3ccccc3)c(C)c2c1=O. The molecule has 0 fully saturated rings. The molecule has 7 nitrogen and oxygen atoms in total. The lowest BCUT2D eigenvalue weighted by Crippen LogP contribution is -2.36. The number of aryl methyl sites for hydroxylation is 1. The van der Waals surface area contributed by atoms with Crippen molar-refractivity contribution in [3.63, 3.8) is 0 Å². The van der Waals surface area contributed by atoms with Crippen molar-refractivity contribution < 1.29 is 14.3 Å². The first-order valence-corrected chi connectivity index (χ1v) is 8.83. The molecule has 0 aliphatic heterocycles. The minimum Gasteiger partial charge on any atom is -0.450 e. The van der Waals surface area contributed by atoms with Crippen LogP contribution >= 0.6 is 11.3 Å². The van der Waals surface area contributed by atoms with E-state index in [4.69, 9.17) is 0 Å². The lowest BCUT2D eigenvalue weighted by molar-refractivity contribution is -0.121. The van der Waals surface area contributed by atoms with Gasteiger partial charge in [-0.25, -0.2) is 9.78 Å². The van der Waals surface area contributed by atoms with Crippen LogP contribution in [0.25, 0.3) is 20.7 Å². The van der Waals surface area contributed by atoms with Gasteiger partial charge in [0.05, 0.1) is 18.3 Å². The Balaban J connectivity index is 1.94. The molecule has 0 aliphatic rings. The maximum absolute atomic E-state index is 12.8. The highest BCUT2D eigenvalue weighted by atomic mass is 32.1. The Morgan fingerprint density at radius 1 is 1.27 bits per heavy atom. The minimum atomic E-state index is -0.835. The third-order valence-electron chi connectivity index (χ3n) is 3.78. The number of imide groups is 1. The number of amides is 2. The van der Waals surface area contributed by atoms with Crippen LogP contribution in [0.4, 0.5) is 4.79 Å². The topological polar surface area (TPSA) is 90.3 Å². The van der Waals surface area contributed by atoms with Crippen LogP contribution < -0.4 is 10.9 Å². The number of nitrogens with zero attached hydrogens (tertiary/aromatic N) is 2. The molecule has 1 aromatic carbocycles. The van der Waals surface area contributed by atoms with Crippen LogP contribution in [0, 0.1) is 6.92 Å². The zero-order chi connectivity index (χ0) is 18.7. The molecule has 0 saturated carbocycles. The van der Waals surface area contributed by atoms with Crippen LogP contribution in [0.5, 0.6) is 0 Å². The van der Waals surface area contributed by atoms with Crippen LogP contribution in [0.15, 0.2) is 41.5 Å². The number of ether oxygens (including phenoxy) is 1. The second-order valence-corrected chi connectivity index (χ2v) is 6.55. The van der Waals surface area contributed by atoms with Crippen molar-refractivity contribution in [2.75, 3.05) is 6.61 Å². The summed E-state index contributed by atoms with van der Waals surface area (Å²) in [6, 6.07) is 9.75. The number of carbonyl (C=O) groups excluding carboxylic acids is 2. The van der Waals surface area contributed by atoms with Crippen molar-refractivity contribution in [3.8, 4) is 10.4 Å². The molecule has 2 amide bonds. The van der Waals surface area contributed by atoms with Crippen molar-refractivity contribution in [3.05, 3.63) is 52.6 Å². The first-order chi connectivity index (χ1) is 12.5. The molecular weight excluding hydrogens is 354 g/mol. The summed E-state index contributed by atoms with van der Waals surface area (Å²) in [4.78, 5) is 41.9. The summed E-state index contributed by atoms with van der Waals surface area (Å²) in [6.45, 7) is 3.35. The van der Waals surface area contributed by atoms with Gasteiger partial charge in [-0.05, 0) is 25.0 Å². The molecule has 3 rings (SSSR count). The van der Waals surface area contributed by atoms with Gasteiger partial charge in [-0.2, -0.15) is 0 Å². The molecule has 1 N–H and O–H groups in total. The van der Waals surface area contributed by atoms with Crippen LogP contribution in [0.1, 0.15) is 12.5 Å². The zero-order valence-electron chi connectivity index (χ0n) is 14.3. The van der Waals surface area contributed by atoms with Crippen molar-refractivity contribution in [2.45, 2.75) is 20.4 Å². The van der Waals surface area contributed by atoms with E-state index < -0.39 is 12.0 Å². The molecule has 0 spiro atoms. The number of carbonyl (C=O) groups is 2. The van der Waals surface area contributed by atoms with Gasteiger partial charge in [0.1, 0.15) is 11.4 Å². The fourth-order valence-corrected chi connectivity index (χ4v) is 3.76. The Morgan fingerprint density at radius 3 is 2.69 bits per heavy atom. The normalized spacial score (nSPS) is 10.7. The van der Waals surface area contributed by atoms with Gasteiger partial charge in [-0.1, -0.05) is 30.3 Å². The van der Waals surface area contributed by atoms with E-state index in [-0.39, 0.29) is 18.7 Å². The lowest BCUT2D eigenvalue weighted by Gasteiger charge is -2.06. The first-order valence-electron chi connectivity index (χ1n) is 8.01. The van der Waals surface area contributed by atoms with Gasteiger partial charge in [0.25, 0.3) is 5.56 Å². The molecule has 134 valence electrons. The van der Waals surface area contributed by atoms with E-state index in [1.165, 1.54) is 22.2 Å². The van der Waals surface area contributed by atoms with Crippen molar-refractivity contribution in [1.29, 1.82) is 0 Å². The lowest BCUT2D eigenvalue weighted by atomic mass is 10.1. The molecule has 0 saturated heterocycles. The Hall–Kier alpha value is -3.00. The van der Waals surface area contributed by atoms with E-state index >= 15 is 0 Å². The second-order valence-electron chi connectivity index (χ2n) is 5.55. The molecular formula is C18H17N3O4S. The maximum atomic E-state index is 12.8. The number of hydrogen-bond donors (Lipinski definition) is 1. The molecule has 26 heavy (non-hydrogen) atoms. The predicted molar refractivity (Wildman–Crippen MR) is 99.2 cm³/mol. The molecule has 8 heteroatoms. The Bertz CT molecular complexity index is 1020. The van der Waals surface area contributed by atoms with Gasteiger partial charge in [0.2, 0.25) is 5.91 Å². The van der Waals surface area contributed by atoms with Crippen LogP contribution in [-0.2, 0) is 16.1 Å². The van der Waals surface area contributed by atoms with E-state index in [0.29, 0.717) is 10.2 Å². The average Bonchev–Trinajstić information content (AvgIpc) is 2.96. The van der Waals surface area contributed by atoms with Gasteiger partial charge in [0.15, 0.2) is 0 Å². The van der Waals surface area contributed by atoms with Gasteiger partial charge >= 0.3 is 6.09 Å². The molecule has 0 unspecified atom stereocenters. The van der Waals surface area contributed by atoms with Gasteiger partial charge in [-0.15, -0.1) is 11.3 Å². The van der Waals surface area contributed by atoms with Crippen molar-refractivity contribution >= 4 is 33.6 Å². The molecule has 0 bridgehead atoms. The monoisotopic (exact) mass is 371 g/mol. The number of nitrogens with one attached hydrogen (secondary N) is 1. The summed E-state index contributed by atoms with van der Waals surface area (Å²) < 4.78 is 5.84. The second kappa shape index (κ2) is 7.49. The molecule has 0 atom stereocenters. The predicted octanol–water partition coefficient (Wildman–Crippen LogP) is 2.71. The Labute approximate surface area is 153 Å². The van der Waals surface area contributed by atoms with E-state index in [1.807, 2.05) is 37.3 Å². The number of fused-ring (bicyclic) bond motifs is 1. The fraction of sp³-hybridized carbons (Fsp3) is 0.222. The Morgan fingerprint density at radius 2 is 2.00 bits per heavy atom. The van der Waals surface area contributed by atoms with Gasteiger partial charge in [-0.3, -0.25) is 19.5 Å². The van der Waals surface area contributed by atoms with E-state index in [1.54, 1.807) is 6.92 Å². The van der Waals surface area contributed by atoms with Crippen LogP contribution in [-0.4, -0.2) is 28.2 Å². The molecule has 2 heterocycles. The molecule has 2 aromatic heterocycles. The number of benzene rings is 1. The van der Waals surface area contributed by atoms with Gasteiger partial charge < -0.3 is 4.74 Å². The Kier molecular flexibility index (Phi) is 5.13. The highest BCUT2D eigenvalue weighted by molar-refractivity contribution is 7.22. The summed E-state index contributed by atoms with van der Waals surface area (Å²) >= 11 is 1.44. The average molecular weight is 371 g/mol. The first kappa shape index (κ1) is 17.8. The third-order valence-corrected chi connectivity index (χ3v) is 5.03. The fourth-order valence-electron chi connectivity index (χ4n) is 2.61. The molecule has 3 aromatic rings. The number of thiophene rings is 1. The number of alkyl carbamates (subject to hydrolysis) is 1. The minimum absolute atomic E-state index is 0.156. The highest BCUT2D eigenvalue weighted by Crippen LogP contribution is 2.35. The number of aromatic nitrogens is 2. The summed E-state index contributed by atoms with van der Waals surface area (Å²) in [5, 5.41) is 2.55. The van der Waals surface area contributed by atoms with Crippen molar-refractivity contribution in [2.24, 2.45) is 0 Å². The van der Waals surface area contributed by atoms with E-state index in [2.05, 4.69) is 15.0 Å². The largest absolute Gasteiger partial charge is 0.450 e. The number of rotatable bonds is 4.